The third kappa shape index (κ3) is 5.35. The highest BCUT2D eigenvalue weighted by molar-refractivity contribution is 6.30. The van der Waals surface area contributed by atoms with Crippen LogP contribution in [-0.4, -0.2) is 28.4 Å². The van der Waals surface area contributed by atoms with Crippen LogP contribution in [0.2, 0.25) is 0 Å². The van der Waals surface area contributed by atoms with Crippen molar-refractivity contribution in [3.63, 3.8) is 0 Å². The second-order valence-electron chi connectivity index (χ2n) is 4.18. The van der Waals surface area contributed by atoms with Crippen LogP contribution in [0.1, 0.15) is 40.0 Å². The summed E-state index contributed by atoms with van der Waals surface area (Å²) in [4.78, 5) is 22.4. The van der Waals surface area contributed by atoms with Gasteiger partial charge in [0.05, 0.1) is 0 Å². The first-order valence-corrected chi connectivity index (χ1v) is 6.01. The topological polar surface area (TPSA) is 66.4 Å². The van der Waals surface area contributed by atoms with E-state index < -0.39 is 23.3 Å². The van der Waals surface area contributed by atoms with Crippen molar-refractivity contribution in [2.75, 3.05) is 0 Å². The number of rotatable bonds is 7. The molecule has 0 aromatic carbocycles. The Morgan fingerprint density at radius 3 is 2.31 bits per heavy atom. The Kier molecular flexibility index (Phi) is 7.13. The summed E-state index contributed by atoms with van der Waals surface area (Å²) in [5, 5.41) is 10.7. The molecule has 1 unspecified atom stereocenters. The fourth-order valence-corrected chi connectivity index (χ4v) is 1.49. The van der Waals surface area contributed by atoms with Crippen LogP contribution in [0.25, 0.3) is 0 Å². The Morgan fingerprint density at radius 2 is 1.94 bits per heavy atom. The van der Waals surface area contributed by atoms with E-state index in [1.54, 1.807) is 13.8 Å². The van der Waals surface area contributed by atoms with E-state index in [-0.39, 0.29) is 5.92 Å². The average Bonchev–Trinajstić information content (AvgIpc) is 2.20. The van der Waals surface area contributed by atoms with E-state index in [0.29, 0.717) is 6.42 Å². The molecule has 0 aliphatic carbocycles. The molecule has 4 nitrogen and oxygen atoms in total. The number of aliphatic carboxylic acids is 1. The molecule has 0 bridgehead atoms. The van der Waals surface area contributed by atoms with Crippen molar-refractivity contribution in [1.82, 2.24) is 5.32 Å². The minimum Gasteiger partial charge on any atom is -0.480 e. The largest absolute Gasteiger partial charge is 0.480 e. The Bertz CT molecular complexity index is 243. The molecule has 0 radical (unpaired) electrons. The maximum absolute atomic E-state index is 11.6. The lowest BCUT2D eigenvalue weighted by molar-refractivity contribution is -0.143. The first kappa shape index (κ1) is 15.2. The van der Waals surface area contributed by atoms with E-state index in [4.69, 9.17) is 16.7 Å². The fraction of sp³-hybridized carbons (Fsp3) is 0.818. The quantitative estimate of drug-likeness (QED) is 0.679. The molecule has 0 rings (SSSR count). The van der Waals surface area contributed by atoms with E-state index in [1.165, 1.54) is 0 Å². The Labute approximate surface area is 101 Å². The van der Waals surface area contributed by atoms with Crippen molar-refractivity contribution >= 4 is 23.5 Å². The van der Waals surface area contributed by atoms with Gasteiger partial charge in [-0.25, -0.2) is 4.79 Å². The Hall–Kier alpha value is -0.770. The minimum atomic E-state index is -1.03. The van der Waals surface area contributed by atoms with Gasteiger partial charge in [0.25, 0.3) is 0 Å². The molecule has 0 aliphatic heterocycles. The van der Waals surface area contributed by atoms with Crippen LogP contribution < -0.4 is 5.32 Å². The van der Waals surface area contributed by atoms with Gasteiger partial charge in [-0.05, 0) is 12.3 Å². The van der Waals surface area contributed by atoms with Crippen molar-refractivity contribution < 1.29 is 14.7 Å². The van der Waals surface area contributed by atoms with Crippen LogP contribution in [0.4, 0.5) is 0 Å². The molecule has 0 aliphatic rings. The first-order chi connectivity index (χ1) is 7.40. The van der Waals surface area contributed by atoms with Crippen molar-refractivity contribution in [3.05, 3.63) is 0 Å². The SMILES string of the molecule is CCCCC(Cl)C(=O)N[C@H](C(=O)O)C(C)C. The van der Waals surface area contributed by atoms with Gasteiger partial charge in [-0.1, -0.05) is 33.6 Å². The first-order valence-electron chi connectivity index (χ1n) is 5.57. The summed E-state index contributed by atoms with van der Waals surface area (Å²) in [6, 6.07) is -0.865. The highest BCUT2D eigenvalue weighted by Gasteiger charge is 2.26. The van der Waals surface area contributed by atoms with Crippen molar-refractivity contribution in [3.8, 4) is 0 Å². The predicted octanol–water partition coefficient (Wildman–Crippen LogP) is 2.01. The maximum Gasteiger partial charge on any atom is 0.326 e. The number of halogens is 1. The number of alkyl halides is 1. The standard InChI is InChI=1S/C11H20ClNO3/c1-4-5-6-8(12)10(14)13-9(7(2)3)11(15)16/h7-9H,4-6H2,1-3H3,(H,13,14)(H,15,16)/t8?,9-/m0/s1. The zero-order valence-corrected chi connectivity index (χ0v) is 10.8. The van der Waals surface area contributed by atoms with Gasteiger partial charge in [0.2, 0.25) is 5.91 Å². The van der Waals surface area contributed by atoms with Gasteiger partial charge in [-0.2, -0.15) is 0 Å². The highest BCUT2D eigenvalue weighted by atomic mass is 35.5. The van der Waals surface area contributed by atoms with Crippen LogP contribution in [0.5, 0.6) is 0 Å². The fourth-order valence-electron chi connectivity index (χ4n) is 1.27. The Morgan fingerprint density at radius 1 is 1.38 bits per heavy atom. The van der Waals surface area contributed by atoms with Crippen molar-refractivity contribution in [2.24, 2.45) is 5.92 Å². The zero-order chi connectivity index (χ0) is 12.7. The van der Waals surface area contributed by atoms with Gasteiger partial charge in [0.15, 0.2) is 0 Å². The van der Waals surface area contributed by atoms with Gasteiger partial charge in [0.1, 0.15) is 11.4 Å². The predicted molar refractivity (Wildman–Crippen MR) is 63.6 cm³/mol. The van der Waals surface area contributed by atoms with Gasteiger partial charge in [-0.15, -0.1) is 11.6 Å². The van der Waals surface area contributed by atoms with Gasteiger partial charge in [-0.3, -0.25) is 4.79 Å². The van der Waals surface area contributed by atoms with E-state index >= 15 is 0 Å². The molecule has 16 heavy (non-hydrogen) atoms. The van der Waals surface area contributed by atoms with E-state index in [2.05, 4.69) is 5.32 Å². The molecule has 0 aromatic heterocycles. The van der Waals surface area contributed by atoms with Gasteiger partial charge in [0, 0.05) is 0 Å². The summed E-state index contributed by atoms with van der Waals surface area (Å²) in [6.07, 6.45) is 2.40. The van der Waals surface area contributed by atoms with Crippen molar-refractivity contribution in [2.45, 2.75) is 51.5 Å². The monoisotopic (exact) mass is 249 g/mol. The molecule has 1 amide bonds. The summed E-state index contributed by atoms with van der Waals surface area (Å²) in [7, 11) is 0. The molecular formula is C11H20ClNO3. The average molecular weight is 250 g/mol. The third-order valence-electron chi connectivity index (χ3n) is 2.33. The van der Waals surface area contributed by atoms with Crippen LogP contribution in [0.15, 0.2) is 0 Å². The molecule has 0 fully saturated rings. The summed E-state index contributed by atoms with van der Waals surface area (Å²) in [5.74, 6) is -1.57. The number of nitrogens with one attached hydrogen (secondary N) is 1. The van der Waals surface area contributed by atoms with Crippen LogP contribution in [0.3, 0.4) is 0 Å². The van der Waals surface area contributed by atoms with Crippen LogP contribution >= 0.6 is 11.6 Å². The second kappa shape index (κ2) is 7.49. The van der Waals surface area contributed by atoms with E-state index in [9.17, 15) is 9.59 Å². The molecule has 2 atom stereocenters. The zero-order valence-electron chi connectivity index (χ0n) is 10.00. The third-order valence-corrected chi connectivity index (χ3v) is 2.74. The number of unbranched alkanes of at least 4 members (excludes halogenated alkanes) is 1. The second-order valence-corrected chi connectivity index (χ2v) is 4.71. The molecule has 0 spiro atoms. The number of carboxylic acid groups (broad SMARTS) is 1. The molecular weight excluding hydrogens is 230 g/mol. The van der Waals surface area contributed by atoms with Crippen LogP contribution in [0, 0.1) is 5.92 Å². The van der Waals surface area contributed by atoms with Gasteiger partial charge < -0.3 is 10.4 Å². The summed E-state index contributed by atoms with van der Waals surface area (Å²) in [5.41, 5.74) is 0. The number of carboxylic acids is 1. The normalized spacial score (nSPS) is 14.6. The number of hydrogen-bond acceptors (Lipinski definition) is 2. The molecule has 0 saturated carbocycles. The summed E-state index contributed by atoms with van der Waals surface area (Å²) in [6.45, 7) is 5.50. The molecule has 0 saturated heterocycles. The Balaban J connectivity index is 4.24. The van der Waals surface area contributed by atoms with Crippen molar-refractivity contribution in [1.29, 1.82) is 0 Å². The summed E-state index contributed by atoms with van der Waals surface area (Å²) < 4.78 is 0. The number of carbonyl (C=O) groups is 2. The number of hydrogen-bond donors (Lipinski definition) is 2. The molecule has 2 N–H and O–H groups in total. The highest BCUT2D eigenvalue weighted by Crippen LogP contribution is 2.09. The van der Waals surface area contributed by atoms with E-state index in [0.717, 1.165) is 12.8 Å². The van der Waals surface area contributed by atoms with Gasteiger partial charge >= 0.3 is 5.97 Å². The number of amides is 1. The van der Waals surface area contributed by atoms with E-state index in [1.807, 2.05) is 6.92 Å². The molecule has 0 aromatic rings. The lowest BCUT2D eigenvalue weighted by Gasteiger charge is -2.19. The lowest BCUT2D eigenvalue weighted by Crippen LogP contribution is -2.47. The minimum absolute atomic E-state index is 0.156. The smallest absolute Gasteiger partial charge is 0.326 e. The van der Waals surface area contributed by atoms with Crippen LogP contribution in [-0.2, 0) is 9.59 Å². The maximum atomic E-state index is 11.6. The molecule has 5 heteroatoms. The molecule has 0 heterocycles. The number of carbonyl (C=O) groups excluding carboxylic acids is 1. The summed E-state index contributed by atoms with van der Waals surface area (Å²) >= 11 is 5.86. The molecule has 94 valence electrons. The lowest BCUT2D eigenvalue weighted by atomic mass is 10.0.